The standard InChI is InChI=1S/C13H14N2O/c1-2-10-7-9(8-14)3-6-12(10)15-13(16)11-4-5-11/h3,6-7,11H,2,4-5H2,1H3,(H,15,16). The van der Waals surface area contributed by atoms with Crippen molar-refractivity contribution in [3.05, 3.63) is 29.3 Å². The van der Waals surface area contributed by atoms with E-state index in [1.807, 2.05) is 19.1 Å². The predicted octanol–water partition coefficient (Wildman–Crippen LogP) is 2.47. The largest absolute Gasteiger partial charge is 0.326 e. The molecule has 82 valence electrons. The van der Waals surface area contributed by atoms with E-state index >= 15 is 0 Å². The van der Waals surface area contributed by atoms with Gasteiger partial charge in [-0.3, -0.25) is 4.79 Å². The number of nitriles is 1. The van der Waals surface area contributed by atoms with Crippen LogP contribution in [0, 0.1) is 17.2 Å². The lowest BCUT2D eigenvalue weighted by Crippen LogP contribution is -2.14. The fourth-order valence-corrected chi connectivity index (χ4v) is 1.66. The topological polar surface area (TPSA) is 52.9 Å². The first kappa shape index (κ1) is 10.7. The summed E-state index contributed by atoms with van der Waals surface area (Å²) >= 11 is 0. The molecule has 1 aromatic rings. The SMILES string of the molecule is CCc1cc(C#N)ccc1NC(=O)C1CC1. The Morgan fingerprint density at radius 2 is 2.31 bits per heavy atom. The number of rotatable bonds is 3. The molecule has 1 saturated carbocycles. The number of benzene rings is 1. The van der Waals surface area contributed by atoms with Gasteiger partial charge in [0.2, 0.25) is 5.91 Å². The molecule has 16 heavy (non-hydrogen) atoms. The molecule has 3 heteroatoms. The number of anilines is 1. The summed E-state index contributed by atoms with van der Waals surface area (Å²) < 4.78 is 0. The van der Waals surface area contributed by atoms with Crippen LogP contribution in [-0.4, -0.2) is 5.91 Å². The van der Waals surface area contributed by atoms with E-state index < -0.39 is 0 Å². The Morgan fingerprint density at radius 3 is 2.88 bits per heavy atom. The van der Waals surface area contributed by atoms with Crippen molar-refractivity contribution in [2.45, 2.75) is 26.2 Å². The highest BCUT2D eigenvalue weighted by atomic mass is 16.2. The lowest BCUT2D eigenvalue weighted by atomic mass is 10.1. The molecule has 2 rings (SSSR count). The van der Waals surface area contributed by atoms with Gasteiger partial charge in [-0.1, -0.05) is 6.92 Å². The monoisotopic (exact) mass is 214 g/mol. The van der Waals surface area contributed by atoms with E-state index in [0.29, 0.717) is 5.56 Å². The molecule has 0 spiro atoms. The van der Waals surface area contributed by atoms with E-state index in [2.05, 4.69) is 11.4 Å². The van der Waals surface area contributed by atoms with E-state index in [1.54, 1.807) is 6.07 Å². The summed E-state index contributed by atoms with van der Waals surface area (Å²) in [6.07, 6.45) is 2.82. The van der Waals surface area contributed by atoms with Crippen LogP contribution < -0.4 is 5.32 Å². The minimum absolute atomic E-state index is 0.111. The van der Waals surface area contributed by atoms with Gasteiger partial charge in [0.1, 0.15) is 0 Å². The van der Waals surface area contributed by atoms with Crippen molar-refractivity contribution in [2.24, 2.45) is 5.92 Å². The number of nitrogens with zero attached hydrogens (tertiary/aromatic N) is 1. The maximum absolute atomic E-state index is 11.6. The summed E-state index contributed by atoms with van der Waals surface area (Å²) in [6.45, 7) is 2.02. The first-order valence-electron chi connectivity index (χ1n) is 5.58. The van der Waals surface area contributed by atoms with Crippen LogP contribution in [-0.2, 0) is 11.2 Å². The Hall–Kier alpha value is -1.82. The van der Waals surface area contributed by atoms with E-state index in [1.165, 1.54) is 0 Å². The molecule has 1 N–H and O–H groups in total. The molecule has 1 fully saturated rings. The highest BCUT2D eigenvalue weighted by Crippen LogP contribution is 2.30. The zero-order valence-electron chi connectivity index (χ0n) is 9.29. The Balaban J connectivity index is 2.19. The normalized spacial score (nSPS) is 14.2. The van der Waals surface area contributed by atoms with Crippen molar-refractivity contribution < 1.29 is 4.79 Å². The molecule has 3 nitrogen and oxygen atoms in total. The second-order valence-electron chi connectivity index (χ2n) is 4.10. The van der Waals surface area contributed by atoms with Crippen LogP contribution in [0.4, 0.5) is 5.69 Å². The summed E-state index contributed by atoms with van der Waals surface area (Å²) in [5, 5.41) is 11.7. The van der Waals surface area contributed by atoms with Crippen LogP contribution in [0.2, 0.25) is 0 Å². The summed E-state index contributed by atoms with van der Waals surface area (Å²) in [5.74, 6) is 0.319. The minimum atomic E-state index is 0.111. The van der Waals surface area contributed by atoms with Gasteiger partial charge in [0, 0.05) is 11.6 Å². The highest BCUT2D eigenvalue weighted by molar-refractivity contribution is 5.94. The lowest BCUT2D eigenvalue weighted by Gasteiger charge is -2.09. The van der Waals surface area contributed by atoms with Crippen molar-refractivity contribution >= 4 is 11.6 Å². The van der Waals surface area contributed by atoms with E-state index in [9.17, 15) is 4.79 Å². The summed E-state index contributed by atoms with van der Waals surface area (Å²) in [5.41, 5.74) is 2.51. The maximum atomic E-state index is 11.6. The molecule has 1 aliphatic rings. The third-order valence-corrected chi connectivity index (χ3v) is 2.82. The van der Waals surface area contributed by atoms with Gasteiger partial charge in [-0.25, -0.2) is 0 Å². The maximum Gasteiger partial charge on any atom is 0.227 e. The molecule has 0 unspecified atom stereocenters. The number of carbonyl (C=O) groups excluding carboxylic acids is 1. The molecule has 0 saturated heterocycles. The van der Waals surface area contributed by atoms with Gasteiger partial charge in [0.05, 0.1) is 11.6 Å². The zero-order chi connectivity index (χ0) is 11.5. The van der Waals surface area contributed by atoms with Gasteiger partial charge >= 0.3 is 0 Å². The van der Waals surface area contributed by atoms with Crippen molar-refractivity contribution in [1.29, 1.82) is 5.26 Å². The first-order valence-corrected chi connectivity index (χ1v) is 5.58. The van der Waals surface area contributed by atoms with Gasteiger partial charge < -0.3 is 5.32 Å². The predicted molar refractivity (Wildman–Crippen MR) is 61.9 cm³/mol. The highest BCUT2D eigenvalue weighted by Gasteiger charge is 2.29. The van der Waals surface area contributed by atoms with Gasteiger partial charge in [-0.05, 0) is 43.0 Å². The molecular formula is C13H14N2O. The van der Waals surface area contributed by atoms with Gasteiger partial charge in [0.25, 0.3) is 0 Å². The zero-order valence-corrected chi connectivity index (χ0v) is 9.29. The Bertz CT molecular complexity index is 455. The second-order valence-corrected chi connectivity index (χ2v) is 4.10. The Labute approximate surface area is 95.1 Å². The first-order chi connectivity index (χ1) is 7.74. The molecular weight excluding hydrogens is 200 g/mol. The molecule has 0 atom stereocenters. The van der Waals surface area contributed by atoms with Crippen molar-refractivity contribution in [2.75, 3.05) is 5.32 Å². The number of hydrogen-bond donors (Lipinski definition) is 1. The number of amides is 1. The van der Waals surface area contributed by atoms with Crippen LogP contribution in [0.25, 0.3) is 0 Å². The van der Waals surface area contributed by atoms with Gasteiger partial charge in [0.15, 0.2) is 0 Å². The smallest absolute Gasteiger partial charge is 0.227 e. The van der Waals surface area contributed by atoms with Crippen LogP contribution in [0.5, 0.6) is 0 Å². The van der Waals surface area contributed by atoms with Crippen molar-refractivity contribution in [3.63, 3.8) is 0 Å². The molecule has 0 heterocycles. The summed E-state index contributed by atoms with van der Waals surface area (Å²) in [6, 6.07) is 7.50. The molecule has 0 bridgehead atoms. The van der Waals surface area contributed by atoms with Crippen LogP contribution in [0.15, 0.2) is 18.2 Å². The van der Waals surface area contributed by atoms with E-state index in [4.69, 9.17) is 5.26 Å². The van der Waals surface area contributed by atoms with E-state index in [0.717, 1.165) is 30.5 Å². The second kappa shape index (κ2) is 4.36. The summed E-state index contributed by atoms with van der Waals surface area (Å²) in [4.78, 5) is 11.6. The minimum Gasteiger partial charge on any atom is -0.326 e. The van der Waals surface area contributed by atoms with Gasteiger partial charge in [-0.15, -0.1) is 0 Å². The number of nitrogens with one attached hydrogen (secondary N) is 1. The molecule has 1 amide bonds. The quantitative estimate of drug-likeness (QED) is 0.840. The molecule has 1 aromatic carbocycles. The molecule has 0 radical (unpaired) electrons. The average molecular weight is 214 g/mol. The van der Waals surface area contributed by atoms with Crippen molar-refractivity contribution in [3.8, 4) is 6.07 Å². The molecule has 1 aliphatic carbocycles. The average Bonchev–Trinajstić information content (AvgIpc) is 3.13. The Kier molecular flexibility index (Phi) is 2.91. The van der Waals surface area contributed by atoms with Crippen LogP contribution in [0.1, 0.15) is 30.9 Å². The number of hydrogen-bond acceptors (Lipinski definition) is 2. The summed E-state index contributed by atoms with van der Waals surface area (Å²) in [7, 11) is 0. The Morgan fingerprint density at radius 1 is 1.56 bits per heavy atom. The van der Waals surface area contributed by atoms with Crippen molar-refractivity contribution in [1.82, 2.24) is 0 Å². The third kappa shape index (κ3) is 2.22. The fourth-order valence-electron chi connectivity index (χ4n) is 1.66. The molecule has 0 aromatic heterocycles. The third-order valence-electron chi connectivity index (χ3n) is 2.82. The molecule has 0 aliphatic heterocycles. The fraction of sp³-hybridized carbons (Fsp3) is 0.385. The number of carbonyl (C=O) groups is 1. The van der Waals surface area contributed by atoms with Crippen LogP contribution in [0.3, 0.4) is 0 Å². The number of aryl methyl sites for hydroxylation is 1. The van der Waals surface area contributed by atoms with E-state index in [-0.39, 0.29) is 11.8 Å². The van der Waals surface area contributed by atoms with Crippen LogP contribution >= 0.6 is 0 Å². The van der Waals surface area contributed by atoms with Gasteiger partial charge in [-0.2, -0.15) is 5.26 Å². The lowest BCUT2D eigenvalue weighted by molar-refractivity contribution is -0.117.